The second kappa shape index (κ2) is 11.5. The Morgan fingerprint density at radius 2 is 2.03 bits per heavy atom. The molecular formula is C23H32N4O4. The summed E-state index contributed by atoms with van der Waals surface area (Å²) in [4.78, 5) is 8.60. The lowest BCUT2D eigenvalue weighted by molar-refractivity contribution is 0.127. The fourth-order valence-electron chi connectivity index (χ4n) is 3.50. The summed E-state index contributed by atoms with van der Waals surface area (Å²) in [6, 6.07) is 11.3. The van der Waals surface area contributed by atoms with Crippen molar-refractivity contribution in [3.8, 4) is 17.4 Å². The van der Waals surface area contributed by atoms with Crippen molar-refractivity contribution in [2.75, 3.05) is 40.0 Å². The summed E-state index contributed by atoms with van der Waals surface area (Å²) >= 11 is 0. The van der Waals surface area contributed by atoms with Crippen LogP contribution in [0.2, 0.25) is 0 Å². The first-order chi connectivity index (χ1) is 15.2. The molecule has 8 heteroatoms. The number of aliphatic hydroxyl groups is 1. The van der Waals surface area contributed by atoms with Gasteiger partial charge in [-0.1, -0.05) is 0 Å². The minimum absolute atomic E-state index is 0.0399. The van der Waals surface area contributed by atoms with Crippen molar-refractivity contribution in [2.24, 2.45) is 10.4 Å². The van der Waals surface area contributed by atoms with E-state index in [1.165, 1.54) is 0 Å². The average molecular weight is 429 g/mol. The zero-order valence-corrected chi connectivity index (χ0v) is 18.3. The van der Waals surface area contributed by atoms with Gasteiger partial charge in [0.2, 0.25) is 5.88 Å². The predicted molar refractivity (Wildman–Crippen MR) is 120 cm³/mol. The molecule has 0 saturated carbocycles. The van der Waals surface area contributed by atoms with Crippen molar-refractivity contribution >= 4 is 5.96 Å². The van der Waals surface area contributed by atoms with Gasteiger partial charge in [0.1, 0.15) is 11.5 Å². The summed E-state index contributed by atoms with van der Waals surface area (Å²) in [6.07, 6.45) is 3.38. The number of guanidine groups is 1. The molecule has 0 aliphatic carbocycles. The van der Waals surface area contributed by atoms with Gasteiger partial charge in [-0.25, -0.2) is 4.98 Å². The number of ether oxygens (including phenoxy) is 3. The molecule has 31 heavy (non-hydrogen) atoms. The van der Waals surface area contributed by atoms with Crippen LogP contribution in [-0.2, 0) is 11.3 Å². The summed E-state index contributed by atoms with van der Waals surface area (Å²) in [5.41, 5.74) is 0.982. The number of aliphatic imine (C=N–C) groups is 1. The van der Waals surface area contributed by atoms with Gasteiger partial charge >= 0.3 is 0 Å². The minimum atomic E-state index is -0.0399. The van der Waals surface area contributed by atoms with Gasteiger partial charge in [0.15, 0.2) is 5.96 Å². The van der Waals surface area contributed by atoms with Crippen LogP contribution in [0.25, 0.3) is 0 Å². The van der Waals surface area contributed by atoms with E-state index in [0.717, 1.165) is 24.3 Å². The second-order valence-corrected chi connectivity index (χ2v) is 7.56. The summed E-state index contributed by atoms with van der Waals surface area (Å²) in [5.74, 6) is 2.74. The lowest BCUT2D eigenvalue weighted by atomic mass is 9.84. The van der Waals surface area contributed by atoms with Crippen LogP contribution < -0.4 is 20.1 Å². The Kier molecular flexibility index (Phi) is 8.49. The summed E-state index contributed by atoms with van der Waals surface area (Å²) in [5, 5.41) is 16.1. The van der Waals surface area contributed by atoms with E-state index in [0.29, 0.717) is 50.3 Å². The smallest absolute Gasteiger partial charge is 0.219 e. The van der Waals surface area contributed by atoms with Gasteiger partial charge in [-0.15, -0.1) is 0 Å². The number of benzene rings is 1. The van der Waals surface area contributed by atoms with Gasteiger partial charge in [-0.05, 0) is 55.7 Å². The van der Waals surface area contributed by atoms with Gasteiger partial charge < -0.3 is 30.0 Å². The fourth-order valence-corrected chi connectivity index (χ4v) is 3.50. The fraction of sp³-hybridized carbons (Fsp3) is 0.478. The molecule has 1 aliphatic rings. The molecule has 1 aromatic carbocycles. The van der Waals surface area contributed by atoms with E-state index in [1.54, 1.807) is 13.2 Å². The number of nitrogens with one attached hydrogen (secondary N) is 2. The molecule has 1 saturated heterocycles. The molecule has 3 rings (SSSR count). The third-order valence-electron chi connectivity index (χ3n) is 5.30. The molecule has 8 nitrogen and oxygen atoms in total. The number of pyridine rings is 1. The Bertz CT molecular complexity index is 836. The maximum absolute atomic E-state index is 9.38. The summed E-state index contributed by atoms with van der Waals surface area (Å²) in [6.45, 7) is 5.42. The normalized spacial score (nSPS) is 18.6. The van der Waals surface area contributed by atoms with Crippen LogP contribution in [0.15, 0.2) is 47.6 Å². The van der Waals surface area contributed by atoms with Crippen molar-refractivity contribution < 1.29 is 19.3 Å². The highest BCUT2D eigenvalue weighted by atomic mass is 16.5. The molecule has 0 radical (unpaired) electrons. The number of hydrogen-bond donors (Lipinski definition) is 3. The van der Waals surface area contributed by atoms with E-state index in [1.807, 2.05) is 43.3 Å². The molecule has 1 unspecified atom stereocenters. The number of nitrogens with zero attached hydrogens (tertiary/aromatic N) is 2. The molecule has 0 spiro atoms. The molecule has 1 atom stereocenters. The van der Waals surface area contributed by atoms with Crippen molar-refractivity contribution in [1.29, 1.82) is 0 Å². The molecule has 1 aromatic heterocycles. The van der Waals surface area contributed by atoms with Crippen LogP contribution >= 0.6 is 0 Å². The van der Waals surface area contributed by atoms with Crippen LogP contribution in [-0.4, -0.2) is 56.1 Å². The average Bonchev–Trinajstić information content (AvgIpc) is 3.25. The van der Waals surface area contributed by atoms with Crippen LogP contribution in [0.1, 0.15) is 25.3 Å². The number of rotatable bonds is 10. The lowest BCUT2D eigenvalue weighted by Crippen LogP contribution is -2.44. The van der Waals surface area contributed by atoms with E-state index in [9.17, 15) is 5.11 Å². The number of aromatic nitrogens is 1. The van der Waals surface area contributed by atoms with Crippen LogP contribution in [0.4, 0.5) is 0 Å². The van der Waals surface area contributed by atoms with E-state index in [2.05, 4.69) is 20.6 Å². The molecule has 168 valence electrons. The molecule has 2 aromatic rings. The standard InChI is InChI=1S/C23H32N4O4/c1-3-30-19-4-6-20(7-5-19)31-21-14-18(8-11-25-21)15-26-22(24-2)27-16-23(9-12-28)10-13-29-17-23/h4-8,11,14,28H,3,9-10,12-13,15-17H2,1-2H3,(H2,24,26,27). The number of aliphatic hydroxyl groups excluding tert-OH is 1. The quantitative estimate of drug-likeness (QED) is 0.395. The van der Waals surface area contributed by atoms with E-state index < -0.39 is 0 Å². The van der Waals surface area contributed by atoms with Crippen molar-refractivity contribution in [1.82, 2.24) is 15.6 Å². The van der Waals surface area contributed by atoms with E-state index in [4.69, 9.17) is 14.2 Å². The van der Waals surface area contributed by atoms with Gasteiger partial charge in [-0.2, -0.15) is 0 Å². The highest BCUT2D eigenvalue weighted by Crippen LogP contribution is 2.31. The highest BCUT2D eigenvalue weighted by Gasteiger charge is 2.34. The molecular weight excluding hydrogens is 396 g/mol. The van der Waals surface area contributed by atoms with Crippen LogP contribution in [0.5, 0.6) is 17.4 Å². The monoisotopic (exact) mass is 428 g/mol. The maximum atomic E-state index is 9.38. The minimum Gasteiger partial charge on any atom is -0.494 e. The van der Waals surface area contributed by atoms with Crippen molar-refractivity contribution in [2.45, 2.75) is 26.3 Å². The maximum Gasteiger partial charge on any atom is 0.219 e. The third kappa shape index (κ3) is 6.83. The molecule has 1 fully saturated rings. The van der Waals surface area contributed by atoms with Crippen molar-refractivity contribution in [3.05, 3.63) is 48.2 Å². The Morgan fingerprint density at radius 3 is 2.71 bits per heavy atom. The summed E-state index contributed by atoms with van der Waals surface area (Å²) in [7, 11) is 1.74. The van der Waals surface area contributed by atoms with Gasteiger partial charge in [0, 0.05) is 51.0 Å². The number of hydrogen-bond acceptors (Lipinski definition) is 6. The largest absolute Gasteiger partial charge is 0.494 e. The van der Waals surface area contributed by atoms with Crippen LogP contribution in [0, 0.1) is 5.41 Å². The molecule has 3 N–H and O–H groups in total. The molecule has 0 amide bonds. The Morgan fingerprint density at radius 1 is 1.23 bits per heavy atom. The predicted octanol–water partition coefficient (Wildman–Crippen LogP) is 2.73. The van der Waals surface area contributed by atoms with Gasteiger partial charge in [0.25, 0.3) is 0 Å². The van der Waals surface area contributed by atoms with Gasteiger partial charge in [-0.3, -0.25) is 4.99 Å². The Hall–Kier alpha value is -2.84. The second-order valence-electron chi connectivity index (χ2n) is 7.56. The third-order valence-corrected chi connectivity index (χ3v) is 5.30. The summed E-state index contributed by atoms with van der Waals surface area (Å²) < 4.78 is 16.9. The topological polar surface area (TPSA) is 97.2 Å². The highest BCUT2D eigenvalue weighted by molar-refractivity contribution is 5.79. The first kappa shape index (κ1) is 22.8. The first-order valence-corrected chi connectivity index (χ1v) is 10.6. The molecule has 2 heterocycles. The zero-order chi connectivity index (χ0) is 21.9. The molecule has 0 bridgehead atoms. The first-order valence-electron chi connectivity index (χ1n) is 10.6. The zero-order valence-electron chi connectivity index (χ0n) is 18.3. The Balaban J connectivity index is 1.52. The van der Waals surface area contributed by atoms with E-state index in [-0.39, 0.29) is 12.0 Å². The van der Waals surface area contributed by atoms with Crippen molar-refractivity contribution in [3.63, 3.8) is 0 Å². The lowest BCUT2D eigenvalue weighted by Gasteiger charge is -2.27. The Labute approximate surface area is 183 Å². The van der Waals surface area contributed by atoms with Gasteiger partial charge in [0.05, 0.1) is 13.2 Å². The van der Waals surface area contributed by atoms with Crippen LogP contribution in [0.3, 0.4) is 0 Å². The van der Waals surface area contributed by atoms with E-state index >= 15 is 0 Å². The SMILES string of the molecule is CCOc1ccc(Oc2cc(CNC(=NC)NCC3(CCO)CCOC3)ccn2)cc1. The molecule has 1 aliphatic heterocycles.